The van der Waals surface area contributed by atoms with E-state index < -0.39 is 0 Å². The van der Waals surface area contributed by atoms with E-state index in [2.05, 4.69) is 23.9 Å². The molecule has 1 aromatic carbocycles. The Kier molecular flexibility index (Phi) is 5.04. The number of nitrogens with zero attached hydrogens (tertiary/aromatic N) is 5. The van der Waals surface area contributed by atoms with Gasteiger partial charge in [-0.1, -0.05) is 29.3 Å². The third-order valence-corrected chi connectivity index (χ3v) is 7.84. The van der Waals surface area contributed by atoms with E-state index in [1.807, 2.05) is 18.2 Å². The monoisotopic (exact) mass is 511 g/mol. The molecule has 34 heavy (non-hydrogen) atoms. The van der Waals surface area contributed by atoms with Crippen LogP contribution in [-0.2, 0) is 24.3 Å². The number of benzene rings is 1. The average Bonchev–Trinajstić information content (AvgIpc) is 3.40. The lowest BCUT2D eigenvalue weighted by atomic mass is 9.94. The van der Waals surface area contributed by atoms with Crippen LogP contribution in [0, 0.1) is 0 Å². The Bertz CT molecular complexity index is 1640. The molecule has 0 unspecified atom stereocenters. The smallest absolute Gasteiger partial charge is 0.352 e. The van der Waals surface area contributed by atoms with Gasteiger partial charge in [0.15, 0.2) is 11.5 Å². The largest absolute Gasteiger partial charge is 0.370 e. The van der Waals surface area contributed by atoms with Gasteiger partial charge in [-0.3, -0.25) is 9.55 Å². The first kappa shape index (κ1) is 21.7. The van der Waals surface area contributed by atoms with Crippen LogP contribution in [0.4, 0.5) is 0 Å². The lowest BCUT2D eigenvalue weighted by molar-refractivity contribution is -0.0379. The van der Waals surface area contributed by atoms with E-state index in [9.17, 15) is 4.79 Å². The van der Waals surface area contributed by atoms with Crippen molar-refractivity contribution in [2.24, 2.45) is 0 Å². The summed E-state index contributed by atoms with van der Waals surface area (Å²) in [5, 5.41) is 6.58. The second kappa shape index (κ2) is 7.88. The van der Waals surface area contributed by atoms with Gasteiger partial charge in [0.05, 0.1) is 24.1 Å². The van der Waals surface area contributed by atoms with Gasteiger partial charge in [-0.05, 0) is 49.2 Å². The first-order valence-electron chi connectivity index (χ1n) is 10.7. The Balaban J connectivity index is 1.66. The van der Waals surface area contributed by atoms with Crippen molar-refractivity contribution in [1.82, 2.24) is 24.1 Å². The molecule has 5 aromatic rings. The number of fused-ring (bicyclic) bond motifs is 5. The Hall–Kier alpha value is -2.78. The SMILES string of the molecule is CC1(C)Cc2c(sc3c2c2nc(-c4cccnc4)nn2c(=O)n3Cc2ccc(Cl)cc2Cl)CO1. The van der Waals surface area contributed by atoms with Gasteiger partial charge >= 0.3 is 5.69 Å². The maximum absolute atomic E-state index is 13.7. The van der Waals surface area contributed by atoms with Gasteiger partial charge in [0.25, 0.3) is 0 Å². The van der Waals surface area contributed by atoms with Crippen LogP contribution in [-0.4, -0.2) is 29.8 Å². The fraction of sp³-hybridized carbons (Fsp3) is 0.250. The molecule has 0 saturated heterocycles. The van der Waals surface area contributed by atoms with Gasteiger partial charge in [-0.15, -0.1) is 16.4 Å². The summed E-state index contributed by atoms with van der Waals surface area (Å²) in [5.41, 5.74) is 2.65. The molecule has 1 aliphatic rings. The number of halogens is 2. The summed E-state index contributed by atoms with van der Waals surface area (Å²) >= 11 is 14.1. The lowest BCUT2D eigenvalue weighted by Crippen LogP contribution is -2.31. The third kappa shape index (κ3) is 3.53. The molecular weight excluding hydrogens is 493 g/mol. The Morgan fingerprint density at radius 3 is 2.85 bits per heavy atom. The van der Waals surface area contributed by atoms with Crippen molar-refractivity contribution in [3.05, 3.63) is 79.3 Å². The molecule has 0 saturated carbocycles. The fourth-order valence-corrected chi connectivity index (χ4v) is 6.03. The Morgan fingerprint density at radius 2 is 2.09 bits per heavy atom. The van der Waals surface area contributed by atoms with Gasteiger partial charge < -0.3 is 4.74 Å². The lowest BCUT2D eigenvalue weighted by Gasteiger charge is -2.30. The second-order valence-corrected chi connectivity index (χ2v) is 10.9. The van der Waals surface area contributed by atoms with E-state index in [-0.39, 0.29) is 17.8 Å². The summed E-state index contributed by atoms with van der Waals surface area (Å²) in [5.74, 6) is 0.458. The van der Waals surface area contributed by atoms with Crippen molar-refractivity contribution in [2.45, 2.75) is 39.0 Å². The molecule has 0 atom stereocenters. The van der Waals surface area contributed by atoms with Crippen molar-refractivity contribution < 1.29 is 4.74 Å². The van der Waals surface area contributed by atoms with Crippen LogP contribution < -0.4 is 5.69 Å². The van der Waals surface area contributed by atoms with Crippen LogP contribution in [0.5, 0.6) is 0 Å². The number of pyridine rings is 1. The maximum Gasteiger partial charge on any atom is 0.352 e. The highest BCUT2D eigenvalue weighted by Gasteiger charge is 2.32. The van der Waals surface area contributed by atoms with Gasteiger partial charge in [-0.2, -0.15) is 4.52 Å². The van der Waals surface area contributed by atoms with Crippen molar-refractivity contribution >= 4 is 50.4 Å². The number of thiophene rings is 1. The first-order valence-corrected chi connectivity index (χ1v) is 12.3. The van der Waals surface area contributed by atoms with Gasteiger partial charge in [0, 0.05) is 39.3 Å². The van der Waals surface area contributed by atoms with E-state index in [0.29, 0.717) is 34.5 Å². The topological polar surface area (TPSA) is 74.3 Å². The average molecular weight is 512 g/mol. The molecule has 0 fully saturated rings. The van der Waals surface area contributed by atoms with E-state index in [0.717, 1.165) is 31.8 Å². The van der Waals surface area contributed by atoms with Gasteiger partial charge in [0.1, 0.15) is 4.83 Å². The molecule has 172 valence electrons. The van der Waals surface area contributed by atoms with Gasteiger partial charge in [0.2, 0.25) is 0 Å². The highest BCUT2D eigenvalue weighted by Crippen LogP contribution is 2.40. The van der Waals surface area contributed by atoms with Crippen LogP contribution >= 0.6 is 34.5 Å². The summed E-state index contributed by atoms with van der Waals surface area (Å²) in [6, 6.07) is 9.00. The molecule has 4 aromatic heterocycles. The fourth-order valence-electron chi connectivity index (χ4n) is 4.35. The van der Waals surface area contributed by atoms with Crippen LogP contribution in [0.15, 0.2) is 47.5 Å². The minimum atomic E-state index is -0.315. The predicted octanol–water partition coefficient (Wildman–Crippen LogP) is 5.37. The molecule has 10 heteroatoms. The summed E-state index contributed by atoms with van der Waals surface area (Å²) in [6.07, 6.45) is 4.10. The summed E-state index contributed by atoms with van der Waals surface area (Å²) in [4.78, 5) is 24.6. The second-order valence-electron chi connectivity index (χ2n) is 8.93. The quantitative estimate of drug-likeness (QED) is 0.325. The van der Waals surface area contributed by atoms with E-state index in [1.54, 1.807) is 40.4 Å². The maximum atomic E-state index is 13.7. The normalized spacial score (nSPS) is 15.2. The number of aromatic nitrogens is 5. The zero-order valence-corrected chi connectivity index (χ0v) is 20.7. The summed E-state index contributed by atoms with van der Waals surface area (Å²) < 4.78 is 9.17. The molecule has 7 nitrogen and oxygen atoms in total. The first-order chi connectivity index (χ1) is 16.3. The molecule has 0 radical (unpaired) electrons. The van der Waals surface area contributed by atoms with E-state index >= 15 is 0 Å². The van der Waals surface area contributed by atoms with Crippen LogP contribution in [0.1, 0.15) is 29.9 Å². The van der Waals surface area contributed by atoms with Crippen molar-refractivity contribution in [2.75, 3.05) is 0 Å². The highest BCUT2D eigenvalue weighted by atomic mass is 35.5. The van der Waals surface area contributed by atoms with Crippen molar-refractivity contribution in [3.63, 3.8) is 0 Å². The molecule has 0 N–H and O–H groups in total. The van der Waals surface area contributed by atoms with E-state index in [4.69, 9.17) is 32.9 Å². The van der Waals surface area contributed by atoms with Crippen LogP contribution in [0.25, 0.3) is 27.3 Å². The number of hydrogen-bond donors (Lipinski definition) is 0. The van der Waals surface area contributed by atoms with Gasteiger partial charge in [-0.25, -0.2) is 9.78 Å². The molecule has 0 spiro atoms. The summed E-state index contributed by atoms with van der Waals surface area (Å²) in [6.45, 7) is 4.93. The molecule has 0 bridgehead atoms. The standard InChI is InChI=1S/C24H19Cl2N5O2S/c1-24(2)9-16-18(12-33-24)34-22-19(16)21-28-20(13-4-3-7-27-10-13)29-31(21)23(32)30(22)11-14-5-6-15(25)8-17(14)26/h3-8,10H,9,11-12H2,1-2H3. The molecular formula is C24H19Cl2N5O2S. The molecule has 0 aliphatic carbocycles. The molecule has 5 heterocycles. The number of rotatable bonds is 3. The van der Waals surface area contributed by atoms with Crippen LogP contribution in [0.2, 0.25) is 10.0 Å². The minimum absolute atomic E-state index is 0.282. The van der Waals surface area contributed by atoms with Crippen molar-refractivity contribution in [1.29, 1.82) is 0 Å². The molecule has 6 rings (SSSR count). The van der Waals surface area contributed by atoms with Crippen molar-refractivity contribution in [3.8, 4) is 11.4 Å². The third-order valence-electron chi connectivity index (χ3n) is 6.02. The minimum Gasteiger partial charge on any atom is -0.370 e. The Morgan fingerprint density at radius 1 is 1.24 bits per heavy atom. The molecule has 0 amide bonds. The van der Waals surface area contributed by atoms with E-state index in [1.165, 1.54) is 4.52 Å². The highest BCUT2D eigenvalue weighted by molar-refractivity contribution is 7.19. The molecule has 1 aliphatic heterocycles. The summed E-state index contributed by atoms with van der Waals surface area (Å²) in [7, 11) is 0. The number of hydrogen-bond acceptors (Lipinski definition) is 6. The predicted molar refractivity (Wildman–Crippen MR) is 134 cm³/mol. The van der Waals surface area contributed by atoms with Crippen LogP contribution in [0.3, 0.4) is 0 Å². The zero-order chi connectivity index (χ0) is 23.6. The number of ether oxygens (including phenoxy) is 1. The Labute approximate surface area is 208 Å². The zero-order valence-electron chi connectivity index (χ0n) is 18.4.